The lowest BCUT2D eigenvalue weighted by Crippen LogP contribution is -1.90. The zero-order chi connectivity index (χ0) is 11.6. The van der Waals surface area contributed by atoms with Crippen LogP contribution in [0.1, 0.15) is 69.9 Å². The predicted octanol–water partition coefficient (Wildman–Crippen LogP) is 4.87. The van der Waals surface area contributed by atoms with Crippen molar-refractivity contribution in [1.82, 2.24) is 4.98 Å². The minimum absolute atomic E-state index is 1.25. The van der Waals surface area contributed by atoms with Gasteiger partial charge in [0.25, 0.3) is 0 Å². The number of aryl methyl sites for hydroxylation is 2. The Labute approximate surface area is 101 Å². The summed E-state index contributed by atoms with van der Waals surface area (Å²) in [6.45, 7) is 4.53. The van der Waals surface area contributed by atoms with Gasteiger partial charge in [0.05, 0.1) is 0 Å². The molecule has 0 spiro atoms. The molecule has 0 amide bonds. The molecule has 0 aliphatic rings. The molecule has 0 bridgehead atoms. The molecule has 0 saturated carbocycles. The average molecular weight is 221 g/mol. The van der Waals surface area contributed by atoms with Crippen LogP contribution in [0.25, 0.3) is 0 Å². The SMILES string of the molecule is CCCCCCCc1c[nH]cc1CCCC. The van der Waals surface area contributed by atoms with E-state index in [1.807, 2.05) is 0 Å². The van der Waals surface area contributed by atoms with Crippen LogP contribution in [0.3, 0.4) is 0 Å². The maximum atomic E-state index is 3.26. The molecule has 0 aliphatic heterocycles. The van der Waals surface area contributed by atoms with E-state index in [0.717, 1.165) is 0 Å². The monoisotopic (exact) mass is 221 g/mol. The standard InChI is InChI=1S/C15H27N/c1-3-5-7-8-9-11-15-13-16-12-14(15)10-6-4-2/h12-13,16H,3-11H2,1-2H3. The number of H-pyrrole nitrogens is 1. The lowest BCUT2D eigenvalue weighted by Gasteiger charge is -2.03. The Bertz CT molecular complexity index is 262. The van der Waals surface area contributed by atoms with Gasteiger partial charge in [0.1, 0.15) is 0 Å². The first-order chi connectivity index (χ1) is 7.88. The van der Waals surface area contributed by atoms with E-state index in [1.54, 1.807) is 11.1 Å². The second-order valence-corrected chi connectivity index (χ2v) is 4.77. The number of rotatable bonds is 9. The fraction of sp³-hybridized carbons (Fsp3) is 0.733. The Morgan fingerprint density at radius 1 is 0.750 bits per heavy atom. The highest BCUT2D eigenvalue weighted by atomic mass is 14.6. The summed E-state index contributed by atoms with van der Waals surface area (Å²) in [5, 5.41) is 0. The maximum Gasteiger partial charge on any atom is 0.00401 e. The Balaban J connectivity index is 2.22. The van der Waals surface area contributed by atoms with E-state index in [-0.39, 0.29) is 0 Å². The van der Waals surface area contributed by atoms with Gasteiger partial charge in [-0.25, -0.2) is 0 Å². The molecule has 0 fully saturated rings. The quantitative estimate of drug-likeness (QED) is 0.573. The predicted molar refractivity (Wildman–Crippen MR) is 71.9 cm³/mol. The van der Waals surface area contributed by atoms with Crippen LogP contribution in [0.2, 0.25) is 0 Å². The Morgan fingerprint density at radius 2 is 1.31 bits per heavy atom. The third-order valence-corrected chi connectivity index (χ3v) is 3.28. The summed E-state index contributed by atoms with van der Waals surface area (Å²) in [5.41, 5.74) is 3.11. The van der Waals surface area contributed by atoms with Crippen molar-refractivity contribution in [3.8, 4) is 0 Å². The Kier molecular flexibility index (Phi) is 7.03. The number of unbranched alkanes of at least 4 members (excludes halogenated alkanes) is 5. The maximum absolute atomic E-state index is 3.26. The van der Waals surface area contributed by atoms with Gasteiger partial charge in [0.2, 0.25) is 0 Å². The van der Waals surface area contributed by atoms with E-state index < -0.39 is 0 Å². The molecule has 0 saturated heterocycles. The molecular weight excluding hydrogens is 194 g/mol. The van der Waals surface area contributed by atoms with Gasteiger partial charge < -0.3 is 4.98 Å². The normalized spacial score (nSPS) is 10.9. The van der Waals surface area contributed by atoms with Crippen LogP contribution in [-0.2, 0) is 12.8 Å². The van der Waals surface area contributed by atoms with Crippen molar-refractivity contribution in [3.05, 3.63) is 23.5 Å². The van der Waals surface area contributed by atoms with Gasteiger partial charge in [-0.3, -0.25) is 0 Å². The second kappa shape index (κ2) is 8.43. The van der Waals surface area contributed by atoms with Crippen LogP contribution < -0.4 is 0 Å². The molecule has 1 heterocycles. The van der Waals surface area contributed by atoms with Crippen molar-refractivity contribution < 1.29 is 0 Å². The molecule has 92 valence electrons. The van der Waals surface area contributed by atoms with Gasteiger partial charge in [-0.2, -0.15) is 0 Å². The van der Waals surface area contributed by atoms with Crippen molar-refractivity contribution in [3.63, 3.8) is 0 Å². The van der Waals surface area contributed by atoms with Crippen molar-refractivity contribution in [2.45, 2.75) is 71.6 Å². The van der Waals surface area contributed by atoms with Gasteiger partial charge in [0.15, 0.2) is 0 Å². The third kappa shape index (κ3) is 4.87. The van der Waals surface area contributed by atoms with Gasteiger partial charge in [-0.15, -0.1) is 0 Å². The van der Waals surface area contributed by atoms with Gasteiger partial charge in [-0.05, 0) is 36.8 Å². The molecule has 1 aromatic heterocycles. The summed E-state index contributed by atoms with van der Waals surface area (Å²) in [6.07, 6.45) is 16.4. The summed E-state index contributed by atoms with van der Waals surface area (Å²) in [4.78, 5) is 3.26. The van der Waals surface area contributed by atoms with Crippen molar-refractivity contribution in [1.29, 1.82) is 0 Å². The summed E-state index contributed by atoms with van der Waals surface area (Å²) in [5.74, 6) is 0. The first-order valence-electron chi connectivity index (χ1n) is 7.03. The summed E-state index contributed by atoms with van der Waals surface area (Å²) < 4.78 is 0. The molecule has 16 heavy (non-hydrogen) atoms. The van der Waals surface area contributed by atoms with Crippen LogP contribution >= 0.6 is 0 Å². The molecule has 0 aromatic carbocycles. The third-order valence-electron chi connectivity index (χ3n) is 3.28. The van der Waals surface area contributed by atoms with E-state index >= 15 is 0 Å². The van der Waals surface area contributed by atoms with Crippen molar-refractivity contribution in [2.75, 3.05) is 0 Å². The largest absolute Gasteiger partial charge is 0.367 e. The smallest absolute Gasteiger partial charge is 0.00401 e. The Hall–Kier alpha value is -0.720. The van der Waals surface area contributed by atoms with E-state index in [1.165, 1.54) is 57.8 Å². The van der Waals surface area contributed by atoms with Crippen LogP contribution in [0.4, 0.5) is 0 Å². The van der Waals surface area contributed by atoms with Crippen molar-refractivity contribution >= 4 is 0 Å². The van der Waals surface area contributed by atoms with E-state index in [0.29, 0.717) is 0 Å². The van der Waals surface area contributed by atoms with E-state index in [2.05, 4.69) is 31.2 Å². The molecular formula is C15H27N. The number of hydrogen-bond donors (Lipinski definition) is 1. The lowest BCUT2D eigenvalue weighted by atomic mass is 10.0. The number of aromatic nitrogens is 1. The number of aromatic amines is 1. The molecule has 1 heteroatoms. The average Bonchev–Trinajstić information content (AvgIpc) is 2.74. The first-order valence-corrected chi connectivity index (χ1v) is 7.03. The van der Waals surface area contributed by atoms with Gasteiger partial charge in [-0.1, -0.05) is 46.0 Å². The summed E-state index contributed by atoms with van der Waals surface area (Å²) in [7, 11) is 0. The molecule has 0 radical (unpaired) electrons. The molecule has 0 aliphatic carbocycles. The first kappa shape index (κ1) is 13.3. The number of nitrogens with one attached hydrogen (secondary N) is 1. The van der Waals surface area contributed by atoms with Crippen LogP contribution in [-0.4, -0.2) is 4.98 Å². The molecule has 1 aromatic rings. The van der Waals surface area contributed by atoms with Crippen LogP contribution in [0.15, 0.2) is 12.4 Å². The highest BCUT2D eigenvalue weighted by Gasteiger charge is 2.02. The van der Waals surface area contributed by atoms with E-state index in [4.69, 9.17) is 0 Å². The zero-order valence-electron chi connectivity index (χ0n) is 11.0. The molecule has 1 rings (SSSR count). The minimum Gasteiger partial charge on any atom is -0.367 e. The fourth-order valence-electron chi connectivity index (χ4n) is 2.18. The van der Waals surface area contributed by atoms with Gasteiger partial charge in [0, 0.05) is 12.4 Å². The summed E-state index contributed by atoms with van der Waals surface area (Å²) in [6, 6.07) is 0. The molecule has 1 N–H and O–H groups in total. The second-order valence-electron chi connectivity index (χ2n) is 4.77. The van der Waals surface area contributed by atoms with Crippen LogP contribution in [0, 0.1) is 0 Å². The highest BCUT2D eigenvalue weighted by Crippen LogP contribution is 2.15. The molecule has 1 nitrogen and oxygen atoms in total. The fourth-order valence-corrected chi connectivity index (χ4v) is 2.18. The van der Waals surface area contributed by atoms with Crippen LogP contribution in [0.5, 0.6) is 0 Å². The van der Waals surface area contributed by atoms with E-state index in [9.17, 15) is 0 Å². The van der Waals surface area contributed by atoms with Crippen molar-refractivity contribution in [2.24, 2.45) is 0 Å². The summed E-state index contributed by atoms with van der Waals surface area (Å²) >= 11 is 0. The zero-order valence-corrected chi connectivity index (χ0v) is 11.0. The number of hydrogen-bond acceptors (Lipinski definition) is 0. The molecule has 0 unspecified atom stereocenters. The highest BCUT2D eigenvalue weighted by molar-refractivity contribution is 5.23. The molecule has 0 atom stereocenters. The lowest BCUT2D eigenvalue weighted by molar-refractivity contribution is 0.630. The topological polar surface area (TPSA) is 15.8 Å². The van der Waals surface area contributed by atoms with Gasteiger partial charge >= 0.3 is 0 Å². The minimum atomic E-state index is 1.25. The Morgan fingerprint density at radius 3 is 1.94 bits per heavy atom.